The molecule has 0 saturated heterocycles. The predicted octanol–water partition coefficient (Wildman–Crippen LogP) is 1.98. The lowest BCUT2D eigenvalue weighted by atomic mass is 10.2. The van der Waals surface area contributed by atoms with E-state index < -0.39 is 9.84 Å². The highest BCUT2D eigenvalue weighted by molar-refractivity contribution is 7.90. The van der Waals surface area contributed by atoms with Gasteiger partial charge in [0.05, 0.1) is 10.3 Å². The van der Waals surface area contributed by atoms with E-state index in [0.717, 1.165) is 25.5 Å². The van der Waals surface area contributed by atoms with E-state index in [2.05, 4.69) is 5.32 Å². The molecule has 4 nitrogen and oxygen atoms in total. The number of carbonyl (C=O) groups excluding carboxylic acids is 1. The topological polar surface area (TPSA) is 63.2 Å². The van der Waals surface area contributed by atoms with Crippen molar-refractivity contribution in [2.24, 2.45) is 0 Å². The van der Waals surface area contributed by atoms with Gasteiger partial charge in [0.15, 0.2) is 9.84 Å². The monoisotopic (exact) mass is 301 g/mol. The van der Waals surface area contributed by atoms with Crippen LogP contribution in [0.1, 0.15) is 29.6 Å². The van der Waals surface area contributed by atoms with Gasteiger partial charge in [-0.2, -0.15) is 0 Å². The Morgan fingerprint density at radius 1 is 1.26 bits per heavy atom. The first kappa shape index (κ1) is 14.3. The quantitative estimate of drug-likeness (QED) is 0.868. The lowest BCUT2D eigenvalue weighted by Gasteiger charge is -2.15. The van der Waals surface area contributed by atoms with Crippen LogP contribution in [0, 0.1) is 0 Å². The molecule has 0 aliphatic heterocycles. The van der Waals surface area contributed by atoms with E-state index >= 15 is 0 Å². The zero-order chi connectivity index (χ0) is 14.0. The fourth-order valence-corrected chi connectivity index (χ4v) is 3.16. The maximum Gasteiger partial charge on any atom is 0.251 e. The standard InChI is InChI=1S/C13H16ClNO3S/c1-19(17,18)10-7-5-9(6-8-10)13(16)15-12-4-2-3-11(12)14/h5-8,11-12H,2-4H2,1H3,(H,15,16). The Labute approximate surface area is 118 Å². The molecule has 104 valence electrons. The largest absolute Gasteiger partial charge is 0.348 e. The molecule has 2 rings (SSSR count). The van der Waals surface area contributed by atoms with Gasteiger partial charge in [-0.1, -0.05) is 0 Å². The van der Waals surface area contributed by atoms with Crippen LogP contribution in [-0.2, 0) is 9.84 Å². The van der Waals surface area contributed by atoms with E-state index in [1.54, 1.807) is 0 Å². The fraction of sp³-hybridized carbons (Fsp3) is 0.462. The fourth-order valence-electron chi connectivity index (χ4n) is 2.18. The number of hydrogen-bond donors (Lipinski definition) is 1. The van der Waals surface area contributed by atoms with Crippen molar-refractivity contribution in [2.75, 3.05) is 6.26 Å². The molecule has 1 saturated carbocycles. The summed E-state index contributed by atoms with van der Waals surface area (Å²) in [5.41, 5.74) is 0.447. The van der Waals surface area contributed by atoms with E-state index in [-0.39, 0.29) is 22.2 Å². The van der Waals surface area contributed by atoms with E-state index in [1.807, 2.05) is 0 Å². The lowest BCUT2D eigenvalue weighted by Crippen LogP contribution is -2.37. The van der Waals surface area contributed by atoms with Crippen molar-refractivity contribution in [2.45, 2.75) is 35.6 Å². The number of hydrogen-bond acceptors (Lipinski definition) is 3. The summed E-state index contributed by atoms with van der Waals surface area (Å²) in [5, 5.41) is 2.87. The smallest absolute Gasteiger partial charge is 0.251 e. The minimum atomic E-state index is -3.23. The van der Waals surface area contributed by atoms with E-state index in [0.29, 0.717) is 5.56 Å². The number of carbonyl (C=O) groups is 1. The lowest BCUT2D eigenvalue weighted by molar-refractivity contribution is 0.0938. The number of halogens is 1. The molecule has 1 aliphatic carbocycles. The van der Waals surface area contributed by atoms with Crippen LogP contribution in [0.2, 0.25) is 0 Å². The van der Waals surface area contributed by atoms with Gasteiger partial charge in [0, 0.05) is 17.9 Å². The van der Waals surface area contributed by atoms with Gasteiger partial charge in [-0.3, -0.25) is 4.79 Å². The van der Waals surface area contributed by atoms with E-state index in [9.17, 15) is 13.2 Å². The van der Waals surface area contributed by atoms with Crippen LogP contribution in [0.15, 0.2) is 29.2 Å². The Balaban J connectivity index is 2.08. The Hall–Kier alpha value is -1.07. The molecule has 0 bridgehead atoms. The first-order chi connectivity index (χ1) is 8.88. The number of rotatable bonds is 3. The van der Waals surface area contributed by atoms with Gasteiger partial charge in [-0.05, 0) is 43.5 Å². The molecule has 0 heterocycles. The van der Waals surface area contributed by atoms with Crippen LogP contribution in [0.5, 0.6) is 0 Å². The molecule has 0 spiro atoms. The third kappa shape index (κ3) is 3.48. The highest BCUT2D eigenvalue weighted by Gasteiger charge is 2.26. The second kappa shape index (κ2) is 5.51. The van der Waals surface area contributed by atoms with Crippen molar-refractivity contribution >= 4 is 27.3 Å². The molecule has 1 amide bonds. The second-order valence-electron chi connectivity index (χ2n) is 4.82. The van der Waals surface area contributed by atoms with Gasteiger partial charge < -0.3 is 5.32 Å². The minimum absolute atomic E-state index is 0.00347. The molecule has 2 atom stereocenters. The van der Waals surface area contributed by atoms with Crippen molar-refractivity contribution < 1.29 is 13.2 Å². The zero-order valence-electron chi connectivity index (χ0n) is 10.6. The summed E-state index contributed by atoms with van der Waals surface area (Å²) in [4.78, 5) is 12.2. The van der Waals surface area contributed by atoms with E-state index in [4.69, 9.17) is 11.6 Å². The summed E-state index contributed by atoms with van der Waals surface area (Å²) >= 11 is 6.10. The van der Waals surface area contributed by atoms with Crippen LogP contribution in [-0.4, -0.2) is 32.0 Å². The third-order valence-corrected chi connectivity index (χ3v) is 4.94. The van der Waals surface area contributed by atoms with Crippen LogP contribution >= 0.6 is 11.6 Å². The van der Waals surface area contributed by atoms with Crippen molar-refractivity contribution in [3.8, 4) is 0 Å². The van der Waals surface area contributed by atoms with Crippen LogP contribution in [0.25, 0.3) is 0 Å². The van der Waals surface area contributed by atoms with Crippen LogP contribution < -0.4 is 5.32 Å². The minimum Gasteiger partial charge on any atom is -0.348 e. The first-order valence-electron chi connectivity index (χ1n) is 6.13. The Morgan fingerprint density at radius 2 is 1.89 bits per heavy atom. The second-order valence-corrected chi connectivity index (χ2v) is 7.40. The molecule has 1 aromatic rings. The number of alkyl halides is 1. The van der Waals surface area contributed by atoms with Gasteiger partial charge in [0.25, 0.3) is 5.91 Å². The Bertz CT molecular complexity index is 568. The highest BCUT2D eigenvalue weighted by Crippen LogP contribution is 2.24. The molecule has 1 aliphatic rings. The predicted molar refractivity (Wildman–Crippen MR) is 74.3 cm³/mol. The normalized spacial score (nSPS) is 23.3. The van der Waals surface area contributed by atoms with Crippen molar-refractivity contribution in [3.63, 3.8) is 0 Å². The zero-order valence-corrected chi connectivity index (χ0v) is 12.2. The molecule has 2 unspecified atom stereocenters. The van der Waals surface area contributed by atoms with Gasteiger partial charge in [0.1, 0.15) is 0 Å². The molecular formula is C13H16ClNO3S. The number of amides is 1. The summed E-state index contributed by atoms with van der Waals surface area (Å²) in [6.07, 6.45) is 3.96. The van der Waals surface area contributed by atoms with Crippen molar-refractivity contribution in [1.29, 1.82) is 0 Å². The molecule has 19 heavy (non-hydrogen) atoms. The molecule has 0 radical (unpaired) electrons. The van der Waals surface area contributed by atoms with Gasteiger partial charge in [-0.25, -0.2) is 8.42 Å². The van der Waals surface area contributed by atoms with Crippen LogP contribution in [0.4, 0.5) is 0 Å². The summed E-state index contributed by atoms with van der Waals surface area (Å²) in [6.45, 7) is 0. The molecule has 1 N–H and O–H groups in total. The van der Waals surface area contributed by atoms with Gasteiger partial charge in [-0.15, -0.1) is 11.6 Å². The Kier molecular flexibility index (Phi) is 4.16. The third-order valence-electron chi connectivity index (χ3n) is 3.29. The highest BCUT2D eigenvalue weighted by atomic mass is 35.5. The summed E-state index contributed by atoms with van der Waals surface area (Å²) in [7, 11) is -3.23. The summed E-state index contributed by atoms with van der Waals surface area (Å²) < 4.78 is 22.6. The van der Waals surface area contributed by atoms with Gasteiger partial charge in [0.2, 0.25) is 0 Å². The van der Waals surface area contributed by atoms with Crippen molar-refractivity contribution in [3.05, 3.63) is 29.8 Å². The number of benzene rings is 1. The number of nitrogens with one attached hydrogen (secondary N) is 1. The number of sulfone groups is 1. The van der Waals surface area contributed by atoms with Crippen molar-refractivity contribution in [1.82, 2.24) is 5.32 Å². The summed E-state index contributed by atoms with van der Waals surface area (Å²) in [6, 6.07) is 5.92. The van der Waals surface area contributed by atoms with Crippen LogP contribution in [0.3, 0.4) is 0 Å². The molecule has 1 fully saturated rings. The average molecular weight is 302 g/mol. The molecule has 0 aromatic heterocycles. The maximum atomic E-state index is 12.0. The first-order valence-corrected chi connectivity index (χ1v) is 8.46. The van der Waals surface area contributed by atoms with Gasteiger partial charge >= 0.3 is 0 Å². The maximum absolute atomic E-state index is 12.0. The average Bonchev–Trinajstić information content (AvgIpc) is 2.74. The molecular weight excluding hydrogens is 286 g/mol. The Morgan fingerprint density at radius 3 is 2.37 bits per heavy atom. The molecule has 6 heteroatoms. The SMILES string of the molecule is CS(=O)(=O)c1ccc(C(=O)NC2CCCC2Cl)cc1. The summed E-state index contributed by atoms with van der Waals surface area (Å²) in [5.74, 6) is -0.211. The van der Waals surface area contributed by atoms with E-state index in [1.165, 1.54) is 24.3 Å². The molecule has 1 aromatic carbocycles.